The molecule has 2 atom stereocenters. The fourth-order valence-corrected chi connectivity index (χ4v) is 6.00. The predicted octanol–water partition coefficient (Wildman–Crippen LogP) is 5.95. The normalized spacial score (nSPS) is 34.6. The lowest BCUT2D eigenvalue weighted by Gasteiger charge is -2.40. The highest BCUT2D eigenvalue weighted by molar-refractivity contribution is 4.86. The first-order valence-corrected chi connectivity index (χ1v) is 10.4. The van der Waals surface area contributed by atoms with Gasteiger partial charge in [0.2, 0.25) is 0 Å². The third-order valence-corrected chi connectivity index (χ3v) is 7.50. The van der Waals surface area contributed by atoms with E-state index in [4.69, 9.17) is 0 Å². The molecule has 2 unspecified atom stereocenters. The van der Waals surface area contributed by atoms with Gasteiger partial charge in [0, 0.05) is 0 Å². The van der Waals surface area contributed by atoms with Crippen LogP contribution in [0.2, 0.25) is 0 Å². The lowest BCUT2D eigenvalue weighted by atomic mass is 9.66. The molecule has 128 valence electrons. The minimum atomic E-state index is 0.0108. The van der Waals surface area contributed by atoms with E-state index in [1.54, 1.807) is 0 Å². The fourth-order valence-electron chi connectivity index (χ4n) is 6.00. The molecule has 3 aliphatic rings. The molecule has 3 rings (SSSR count). The van der Waals surface area contributed by atoms with Crippen LogP contribution < -0.4 is 0 Å². The van der Waals surface area contributed by atoms with Gasteiger partial charge in [-0.3, -0.25) is 0 Å². The standard InChI is InChI=1S/C21H38O/c1-16(18-7-5-6-8-18)21(19-9-3-2-4-10-19)15-17-11-13-20(22)14-12-17/h16-22H,2-15H2,1H3. The smallest absolute Gasteiger partial charge is 0.0540 e. The molecule has 0 bridgehead atoms. The molecule has 3 fully saturated rings. The van der Waals surface area contributed by atoms with Gasteiger partial charge in [-0.25, -0.2) is 0 Å². The summed E-state index contributed by atoms with van der Waals surface area (Å²) in [6.45, 7) is 2.60. The Morgan fingerprint density at radius 3 is 1.91 bits per heavy atom. The molecule has 0 aliphatic heterocycles. The summed E-state index contributed by atoms with van der Waals surface area (Å²) in [4.78, 5) is 0. The Morgan fingerprint density at radius 1 is 0.727 bits per heavy atom. The van der Waals surface area contributed by atoms with Crippen LogP contribution in [0.1, 0.15) is 96.8 Å². The molecule has 0 amide bonds. The first-order chi connectivity index (χ1) is 10.7. The van der Waals surface area contributed by atoms with Crippen molar-refractivity contribution in [3.05, 3.63) is 0 Å². The Hall–Kier alpha value is -0.0400. The third kappa shape index (κ3) is 4.28. The number of aliphatic hydroxyl groups is 1. The van der Waals surface area contributed by atoms with Gasteiger partial charge in [0.05, 0.1) is 6.10 Å². The number of hydrogen-bond donors (Lipinski definition) is 1. The van der Waals surface area contributed by atoms with Gasteiger partial charge in [0.1, 0.15) is 0 Å². The zero-order valence-electron chi connectivity index (χ0n) is 14.8. The average Bonchev–Trinajstić information content (AvgIpc) is 3.09. The van der Waals surface area contributed by atoms with Crippen LogP contribution in [0.5, 0.6) is 0 Å². The van der Waals surface area contributed by atoms with Gasteiger partial charge < -0.3 is 5.11 Å². The zero-order valence-corrected chi connectivity index (χ0v) is 14.8. The second kappa shape index (κ2) is 8.18. The molecule has 3 saturated carbocycles. The van der Waals surface area contributed by atoms with Crippen molar-refractivity contribution in [2.45, 2.75) is 103 Å². The zero-order chi connectivity index (χ0) is 15.4. The number of aliphatic hydroxyl groups excluding tert-OH is 1. The van der Waals surface area contributed by atoms with Gasteiger partial charge in [0.25, 0.3) is 0 Å². The van der Waals surface area contributed by atoms with E-state index in [1.807, 2.05) is 0 Å². The Morgan fingerprint density at radius 2 is 1.27 bits per heavy atom. The highest BCUT2D eigenvalue weighted by atomic mass is 16.3. The molecule has 22 heavy (non-hydrogen) atoms. The van der Waals surface area contributed by atoms with Crippen molar-refractivity contribution >= 4 is 0 Å². The van der Waals surface area contributed by atoms with Crippen molar-refractivity contribution in [3.8, 4) is 0 Å². The van der Waals surface area contributed by atoms with E-state index in [1.165, 1.54) is 77.0 Å². The van der Waals surface area contributed by atoms with Gasteiger partial charge in [-0.2, -0.15) is 0 Å². The maximum Gasteiger partial charge on any atom is 0.0540 e. The SMILES string of the molecule is CC(C1CCCC1)C(CC1CCC(O)CC1)C1CCCCC1. The van der Waals surface area contributed by atoms with Crippen molar-refractivity contribution in [2.75, 3.05) is 0 Å². The highest BCUT2D eigenvalue weighted by Crippen LogP contribution is 2.45. The van der Waals surface area contributed by atoms with Gasteiger partial charge in [-0.15, -0.1) is 0 Å². The molecular weight excluding hydrogens is 268 g/mol. The molecule has 3 aliphatic carbocycles. The summed E-state index contributed by atoms with van der Waals surface area (Å²) in [6, 6.07) is 0. The Bertz CT molecular complexity index is 306. The summed E-state index contributed by atoms with van der Waals surface area (Å²) >= 11 is 0. The third-order valence-electron chi connectivity index (χ3n) is 7.50. The monoisotopic (exact) mass is 306 g/mol. The van der Waals surface area contributed by atoms with E-state index in [9.17, 15) is 5.11 Å². The molecule has 0 heterocycles. The van der Waals surface area contributed by atoms with E-state index in [-0.39, 0.29) is 6.10 Å². The second-order valence-corrected chi connectivity index (χ2v) is 8.88. The minimum absolute atomic E-state index is 0.0108. The molecule has 1 nitrogen and oxygen atoms in total. The van der Waals surface area contributed by atoms with Crippen LogP contribution in [0.25, 0.3) is 0 Å². The molecule has 0 saturated heterocycles. The average molecular weight is 307 g/mol. The maximum atomic E-state index is 9.79. The summed E-state index contributed by atoms with van der Waals surface area (Å²) in [5, 5.41) is 9.79. The molecule has 0 aromatic rings. The van der Waals surface area contributed by atoms with E-state index in [0.29, 0.717) is 0 Å². The molecule has 0 radical (unpaired) electrons. The lowest BCUT2D eigenvalue weighted by Crippen LogP contribution is -2.31. The summed E-state index contributed by atoms with van der Waals surface area (Å²) < 4.78 is 0. The quantitative estimate of drug-likeness (QED) is 0.665. The van der Waals surface area contributed by atoms with E-state index in [0.717, 1.165) is 42.4 Å². The van der Waals surface area contributed by atoms with Gasteiger partial charge in [-0.1, -0.05) is 64.7 Å². The van der Waals surface area contributed by atoms with E-state index in [2.05, 4.69) is 6.92 Å². The van der Waals surface area contributed by atoms with Crippen molar-refractivity contribution in [2.24, 2.45) is 29.6 Å². The lowest BCUT2D eigenvalue weighted by molar-refractivity contribution is 0.0723. The number of rotatable bonds is 5. The van der Waals surface area contributed by atoms with Crippen LogP contribution in [0, 0.1) is 29.6 Å². The Balaban J connectivity index is 1.62. The predicted molar refractivity (Wildman–Crippen MR) is 93.8 cm³/mol. The summed E-state index contributed by atoms with van der Waals surface area (Å²) in [5.41, 5.74) is 0. The van der Waals surface area contributed by atoms with Crippen molar-refractivity contribution in [3.63, 3.8) is 0 Å². The van der Waals surface area contributed by atoms with Crippen LogP contribution in [-0.4, -0.2) is 11.2 Å². The molecule has 0 spiro atoms. The summed E-state index contributed by atoms with van der Waals surface area (Å²) in [7, 11) is 0. The largest absolute Gasteiger partial charge is 0.393 e. The Labute approximate surface area is 138 Å². The molecule has 1 heteroatoms. The fraction of sp³-hybridized carbons (Fsp3) is 1.00. The second-order valence-electron chi connectivity index (χ2n) is 8.88. The first kappa shape index (κ1) is 16.8. The van der Waals surface area contributed by atoms with Gasteiger partial charge in [0.15, 0.2) is 0 Å². The van der Waals surface area contributed by atoms with Crippen LogP contribution in [0.4, 0.5) is 0 Å². The highest BCUT2D eigenvalue weighted by Gasteiger charge is 2.35. The van der Waals surface area contributed by atoms with E-state index >= 15 is 0 Å². The summed E-state index contributed by atoms with van der Waals surface area (Å²) in [6.07, 6.45) is 19.7. The summed E-state index contributed by atoms with van der Waals surface area (Å²) in [5.74, 6) is 4.91. The van der Waals surface area contributed by atoms with Gasteiger partial charge >= 0.3 is 0 Å². The molecule has 0 aromatic heterocycles. The van der Waals surface area contributed by atoms with E-state index < -0.39 is 0 Å². The van der Waals surface area contributed by atoms with Crippen LogP contribution in [0.3, 0.4) is 0 Å². The van der Waals surface area contributed by atoms with Crippen LogP contribution in [0.15, 0.2) is 0 Å². The van der Waals surface area contributed by atoms with Gasteiger partial charge in [-0.05, 0) is 61.7 Å². The van der Waals surface area contributed by atoms with Crippen molar-refractivity contribution in [1.29, 1.82) is 0 Å². The van der Waals surface area contributed by atoms with Crippen molar-refractivity contribution in [1.82, 2.24) is 0 Å². The maximum absolute atomic E-state index is 9.79. The minimum Gasteiger partial charge on any atom is -0.393 e. The molecule has 0 aromatic carbocycles. The molecular formula is C21H38O. The van der Waals surface area contributed by atoms with Crippen LogP contribution >= 0.6 is 0 Å². The topological polar surface area (TPSA) is 20.2 Å². The number of hydrogen-bond acceptors (Lipinski definition) is 1. The first-order valence-electron chi connectivity index (χ1n) is 10.4. The van der Waals surface area contributed by atoms with Crippen LogP contribution in [-0.2, 0) is 0 Å². The molecule has 1 N–H and O–H groups in total. The Kier molecular flexibility index (Phi) is 6.24. The van der Waals surface area contributed by atoms with Crippen molar-refractivity contribution < 1.29 is 5.11 Å².